The highest BCUT2D eigenvalue weighted by Crippen LogP contribution is 2.24. The van der Waals surface area contributed by atoms with E-state index >= 15 is 0 Å². The Labute approximate surface area is 111 Å². The third-order valence-corrected chi connectivity index (χ3v) is 5.98. The van der Waals surface area contributed by atoms with Crippen molar-refractivity contribution in [2.75, 3.05) is 13.1 Å². The molecule has 2 unspecified atom stereocenters. The van der Waals surface area contributed by atoms with Crippen LogP contribution >= 0.6 is 0 Å². The molecule has 1 aliphatic heterocycles. The molecule has 4 nitrogen and oxygen atoms in total. The lowest BCUT2D eigenvalue weighted by molar-refractivity contribution is 0.397. The van der Waals surface area contributed by atoms with E-state index in [9.17, 15) is 8.42 Å². The van der Waals surface area contributed by atoms with Gasteiger partial charge in [0, 0.05) is 13.1 Å². The zero-order chi connectivity index (χ0) is 13.6. The van der Waals surface area contributed by atoms with Crippen LogP contribution in [0.2, 0.25) is 0 Å². The van der Waals surface area contributed by atoms with E-state index in [1.54, 1.807) is 11.2 Å². The van der Waals surface area contributed by atoms with Crippen LogP contribution in [-0.4, -0.2) is 31.1 Å². The summed E-state index contributed by atoms with van der Waals surface area (Å²) >= 11 is 0. The summed E-state index contributed by atoms with van der Waals surface area (Å²) in [5.41, 5.74) is 0. The summed E-state index contributed by atoms with van der Waals surface area (Å²) in [5, 5.41) is 8.07. The summed E-state index contributed by atoms with van der Waals surface area (Å²) in [7, 11) is -3.41. The van der Waals surface area contributed by atoms with Crippen LogP contribution < -0.4 is 0 Å². The Morgan fingerprint density at radius 1 is 1.33 bits per heavy atom. The maximum Gasteiger partial charge on any atom is 0.230 e. The monoisotopic (exact) mass is 272 g/mol. The van der Waals surface area contributed by atoms with Crippen LogP contribution in [0.3, 0.4) is 0 Å². The highest BCUT2D eigenvalue weighted by Gasteiger charge is 2.32. The van der Waals surface area contributed by atoms with E-state index in [1.165, 1.54) is 6.42 Å². The second-order valence-electron chi connectivity index (χ2n) is 5.06. The van der Waals surface area contributed by atoms with Gasteiger partial charge in [0.2, 0.25) is 10.0 Å². The Morgan fingerprint density at radius 3 is 2.61 bits per heavy atom. The third-order valence-electron chi connectivity index (χ3n) is 3.74. The lowest BCUT2D eigenvalue weighted by Gasteiger charge is -2.22. The van der Waals surface area contributed by atoms with Crippen molar-refractivity contribution in [2.24, 2.45) is 5.92 Å². The van der Waals surface area contributed by atoms with E-state index in [1.807, 2.05) is 6.07 Å². The molecule has 1 saturated heterocycles. The van der Waals surface area contributed by atoms with Crippen molar-refractivity contribution in [3.8, 4) is 6.07 Å². The number of sulfonamides is 1. The first kappa shape index (κ1) is 15.5. The van der Waals surface area contributed by atoms with Crippen LogP contribution in [-0.2, 0) is 10.0 Å². The fourth-order valence-electron chi connectivity index (χ4n) is 2.64. The smallest absolute Gasteiger partial charge is 0.211 e. The van der Waals surface area contributed by atoms with Crippen molar-refractivity contribution in [2.45, 2.75) is 57.6 Å². The number of nitriles is 1. The van der Waals surface area contributed by atoms with Crippen molar-refractivity contribution < 1.29 is 8.42 Å². The van der Waals surface area contributed by atoms with Gasteiger partial charge in [0.15, 0.2) is 5.25 Å². The van der Waals surface area contributed by atoms with E-state index in [4.69, 9.17) is 5.26 Å². The molecule has 0 spiro atoms. The predicted molar refractivity (Wildman–Crippen MR) is 72.4 cm³/mol. The third kappa shape index (κ3) is 3.69. The normalized spacial score (nSPS) is 24.2. The molecule has 0 amide bonds. The summed E-state index contributed by atoms with van der Waals surface area (Å²) in [4.78, 5) is 0. The lowest BCUT2D eigenvalue weighted by atomic mass is 9.96. The molecule has 1 rings (SSSR count). The second-order valence-corrected chi connectivity index (χ2v) is 7.17. The fraction of sp³-hybridized carbons (Fsp3) is 0.923. The maximum absolute atomic E-state index is 12.3. The molecule has 0 radical (unpaired) electrons. The van der Waals surface area contributed by atoms with Gasteiger partial charge in [0.25, 0.3) is 0 Å². The fourth-order valence-corrected chi connectivity index (χ4v) is 4.30. The predicted octanol–water partition coefficient (Wildman–Crippen LogP) is 2.52. The maximum atomic E-state index is 12.3. The molecule has 2 atom stereocenters. The molecule has 0 aliphatic carbocycles. The highest BCUT2D eigenvalue weighted by atomic mass is 32.2. The first-order valence-corrected chi connectivity index (χ1v) is 8.45. The number of hydrogen-bond acceptors (Lipinski definition) is 3. The van der Waals surface area contributed by atoms with Gasteiger partial charge in [0.1, 0.15) is 0 Å². The van der Waals surface area contributed by atoms with Gasteiger partial charge in [-0.05, 0) is 31.6 Å². The zero-order valence-electron chi connectivity index (χ0n) is 11.4. The summed E-state index contributed by atoms with van der Waals surface area (Å²) in [5.74, 6) is 0.650. The molecule has 0 aromatic rings. The van der Waals surface area contributed by atoms with Crippen molar-refractivity contribution in [1.29, 1.82) is 5.26 Å². The molecule has 0 aromatic heterocycles. The molecule has 104 valence electrons. The number of rotatable bonds is 5. The van der Waals surface area contributed by atoms with Crippen molar-refractivity contribution >= 4 is 10.0 Å². The average molecular weight is 272 g/mol. The highest BCUT2D eigenvalue weighted by molar-refractivity contribution is 7.90. The Kier molecular flexibility index (Phi) is 6.10. The quantitative estimate of drug-likeness (QED) is 0.772. The molecule has 1 aliphatic rings. The minimum atomic E-state index is -3.41. The summed E-state index contributed by atoms with van der Waals surface area (Å²) in [6.45, 7) is 5.09. The molecule has 0 saturated carbocycles. The molecule has 5 heteroatoms. The van der Waals surface area contributed by atoms with Crippen LogP contribution in [0, 0.1) is 17.2 Å². The van der Waals surface area contributed by atoms with Crippen molar-refractivity contribution in [3.05, 3.63) is 0 Å². The molecular weight excluding hydrogens is 248 g/mol. The van der Waals surface area contributed by atoms with Gasteiger partial charge in [-0.3, -0.25) is 0 Å². The van der Waals surface area contributed by atoms with Crippen LogP contribution in [0.5, 0.6) is 0 Å². The SMILES string of the molecule is CCCC1CCCN(S(=O)(=O)C(C#N)CC)CC1. The molecule has 18 heavy (non-hydrogen) atoms. The minimum absolute atomic E-state index is 0.369. The van der Waals surface area contributed by atoms with Crippen LogP contribution in [0.25, 0.3) is 0 Å². The molecule has 0 aromatic carbocycles. The van der Waals surface area contributed by atoms with E-state index < -0.39 is 15.3 Å². The van der Waals surface area contributed by atoms with Crippen LogP contribution in [0.1, 0.15) is 52.4 Å². The van der Waals surface area contributed by atoms with E-state index in [2.05, 4.69) is 6.92 Å². The molecule has 1 fully saturated rings. The summed E-state index contributed by atoms with van der Waals surface area (Å²) in [6, 6.07) is 1.92. The number of nitrogens with zero attached hydrogens (tertiary/aromatic N) is 2. The van der Waals surface area contributed by atoms with Crippen molar-refractivity contribution in [3.63, 3.8) is 0 Å². The Morgan fingerprint density at radius 2 is 2.06 bits per heavy atom. The standard InChI is InChI=1S/C13H24N2O2S/c1-3-6-12-7-5-9-15(10-8-12)18(16,17)13(4-2)11-14/h12-13H,3-10H2,1-2H3. The first-order chi connectivity index (χ1) is 8.56. The summed E-state index contributed by atoms with van der Waals surface area (Å²) < 4.78 is 26.1. The van der Waals surface area contributed by atoms with E-state index in [-0.39, 0.29) is 0 Å². The Balaban J connectivity index is 2.71. The topological polar surface area (TPSA) is 61.2 Å². The van der Waals surface area contributed by atoms with Crippen LogP contribution in [0.15, 0.2) is 0 Å². The molecular formula is C13H24N2O2S. The molecule has 0 N–H and O–H groups in total. The Bertz CT molecular complexity index is 386. The minimum Gasteiger partial charge on any atom is -0.211 e. The lowest BCUT2D eigenvalue weighted by Crippen LogP contribution is -2.38. The van der Waals surface area contributed by atoms with Gasteiger partial charge in [-0.2, -0.15) is 5.26 Å². The molecule has 1 heterocycles. The van der Waals surface area contributed by atoms with Gasteiger partial charge in [-0.1, -0.05) is 26.7 Å². The van der Waals surface area contributed by atoms with Gasteiger partial charge < -0.3 is 0 Å². The largest absolute Gasteiger partial charge is 0.230 e. The van der Waals surface area contributed by atoms with E-state index in [0.717, 1.165) is 25.7 Å². The Hall–Kier alpha value is -0.600. The van der Waals surface area contributed by atoms with Gasteiger partial charge >= 0.3 is 0 Å². The zero-order valence-corrected chi connectivity index (χ0v) is 12.2. The van der Waals surface area contributed by atoms with Gasteiger partial charge in [0.05, 0.1) is 6.07 Å². The van der Waals surface area contributed by atoms with Crippen LogP contribution in [0.4, 0.5) is 0 Å². The van der Waals surface area contributed by atoms with Gasteiger partial charge in [-0.15, -0.1) is 0 Å². The van der Waals surface area contributed by atoms with Crippen molar-refractivity contribution in [1.82, 2.24) is 4.31 Å². The second kappa shape index (κ2) is 7.10. The van der Waals surface area contributed by atoms with E-state index in [0.29, 0.717) is 25.4 Å². The summed E-state index contributed by atoms with van der Waals surface area (Å²) in [6.07, 6.45) is 5.69. The first-order valence-electron chi connectivity index (χ1n) is 6.94. The van der Waals surface area contributed by atoms with Gasteiger partial charge in [-0.25, -0.2) is 12.7 Å². The number of hydrogen-bond donors (Lipinski definition) is 0. The average Bonchev–Trinajstić information content (AvgIpc) is 2.57. The molecule has 0 bridgehead atoms.